The molecule has 1 amide bonds. The van der Waals surface area contributed by atoms with E-state index < -0.39 is 0 Å². The monoisotopic (exact) mass is 577 g/mol. The van der Waals surface area contributed by atoms with E-state index in [1.807, 2.05) is 25.2 Å². The number of carbonyl (C=O) groups excluding carboxylic acids is 1. The van der Waals surface area contributed by atoms with E-state index in [4.69, 9.17) is 0 Å². The van der Waals surface area contributed by atoms with Gasteiger partial charge in [-0.3, -0.25) is 14.7 Å². The Labute approximate surface area is 222 Å². The minimum absolute atomic E-state index is 0. The molecule has 0 aliphatic carbocycles. The lowest BCUT2D eigenvalue weighted by Gasteiger charge is -2.38. The molecule has 1 unspecified atom stereocenters. The number of aliphatic imine (C=N–C) groups is 1. The number of nitrogens with zero attached hydrogens (tertiary/aromatic N) is 3. The molecule has 1 aliphatic heterocycles. The van der Waals surface area contributed by atoms with Crippen molar-refractivity contribution in [3.8, 4) is 0 Å². The van der Waals surface area contributed by atoms with Crippen LogP contribution in [0.3, 0.4) is 0 Å². The summed E-state index contributed by atoms with van der Waals surface area (Å²) in [7, 11) is 5.37. The van der Waals surface area contributed by atoms with Gasteiger partial charge in [0.15, 0.2) is 5.96 Å². The van der Waals surface area contributed by atoms with E-state index in [0.29, 0.717) is 12.0 Å². The van der Waals surface area contributed by atoms with Crippen molar-refractivity contribution in [1.82, 2.24) is 20.4 Å². The molecular formula is C27H40IN5O. The molecule has 2 aromatic rings. The van der Waals surface area contributed by atoms with Crippen LogP contribution in [0.1, 0.15) is 40.9 Å². The van der Waals surface area contributed by atoms with Crippen LogP contribution >= 0.6 is 24.0 Å². The quantitative estimate of drug-likeness (QED) is 0.285. The Hall–Kier alpha value is -2.13. The molecule has 0 spiro atoms. The van der Waals surface area contributed by atoms with Crippen LogP contribution in [0.4, 0.5) is 0 Å². The number of guanidine groups is 1. The SMILES string of the molecule is CN=C(NCCc1cccc(C(=O)N(C)C)c1)NCC(C(C)C)N1CCc2ccccc2C1.I. The molecular weight excluding hydrogens is 537 g/mol. The second-order valence-corrected chi connectivity index (χ2v) is 9.33. The number of halogens is 1. The van der Waals surface area contributed by atoms with Crippen molar-refractivity contribution in [2.24, 2.45) is 10.9 Å². The predicted octanol–water partition coefficient (Wildman–Crippen LogP) is 3.80. The van der Waals surface area contributed by atoms with Gasteiger partial charge < -0.3 is 15.5 Å². The van der Waals surface area contributed by atoms with E-state index in [0.717, 1.165) is 56.1 Å². The normalized spacial score (nSPS) is 14.7. The molecule has 3 rings (SSSR count). The highest BCUT2D eigenvalue weighted by molar-refractivity contribution is 14.0. The Balaban J connectivity index is 0.00000408. The molecule has 0 aromatic heterocycles. The molecule has 0 fully saturated rings. The third kappa shape index (κ3) is 7.70. The molecule has 1 atom stereocenters. The summed E-state index contributed by atoms with van der Waals surface area (Å²) in [5.41, 5.74) is 4.80. The summed E-state index contributed by atoms with van der Waals surface area (Å²) >= 11 is 0. The van der Waals surface area contributed by atoms with Gasteiger partial charge in [0, 0.05) is 58.9 Å². The lowest BCUT2D eigenvalue weighted by molar-refractivity contribution is 0.0827. The van der Waals surface area contributed by atoms with Gasteiger partial charge in [-0.1, -0.05) is 50.2 Å². The average Bonchev–Trinajstić information content (AvgIpc) is 2.82. The average molecular weight is 578 g/mol. The summed E-state index contributed by atoms with van der Waals surface area (Å²) in [5, 5.41) is 6.97. The molecule has 0 radical (unpaired) electrons. The van der Waals surface area contributed by atoms with Crippen LogP contribution in [-0.4, -0.2) is 68.5 Å². The van der Waals surface area contributed by atoms with Crippen LogP contribution in [0.15, 0.2) is 53.5 Å². The first-order valence-corrected chi connectivity index (χ1v) is 11.9. The van der Waals surface area contributed by atoms with Crippen molar-refractivity contribution < 1.29 is 4.79 Å². The summed E-state index contributed by atoms with van der Waals surface area (Å²) in [6.45, 7) is 8.30. The van der Waals surface area contributed by atoms with Crippen molar-refractivity contribution in [1.29, 1.82) is 0 Å². The number of nitrogens with one attached hydrogen (secondary N) is 2. The summed E-state index contributed by atoms with van der Waals surface area (Å²) < 4.78 is 0. The Kier molecular flexibility index (Phi) is 11.3. The molecule has 1 aliphatic rings. The van der Waals surface area contributed by atoms with Crippen LogP contribution in [0.25, 0.3) is 0 Å². The van der Waals surface area contributed by atoms with Crippen molar-refractivity contribution >= 4 is 35.8 Å². The minimum atomic E-state index is 0. The van der Waals surface area contributed by atoms with Crippen molar-refractivity contribution in [2.75, 3.05) is 40.8 Å². The lowest BCUT2D eigenvalue weighted by Crippen LogP contribution is -2.50. The van der Waals surface area contributed by atoms with Crippen molar-refractivity contribution in [3.63, 3.8) is 0 Å². The van der Waals surface area contributed by atoms with Gasteiger partial charge in [-0.2, -0.15) is 0 Å². The maximum atomic E-state index is 12.2. The van der Waals surface area contributed by atoms with Gasteiger partial charge in [0.2, 0.25) is 0 Å². The molecule has 6 nitrogen and oxygen atoms in total. The standard InChI is InChI=1S/C27H39N5O.HI/c1-20(2)25(32-16-14-22-10-6-7-11-24(22)19-32)18-30-27(28-3)29-15-13-21-9-8-12-23(17-21)26(33)31(4)5;/h6-12,17,20,25H,13-16,18-19H2,1-5H3,(H2,28,29,30);1H. The Morgan fingerprint density at radius 3 is 2.50 bits per heavy atom. The zero-order chi connectivity index (χ0) is 23.8. The summed E-state index contributed by atoms with van der Waals surface area (Å²) in [6.07, 6.45) is 1.94. The number of hydrogen-bond donors (Lipinski definition) is 2. The Bertz CT molecular complexity index is 960. The van der Waals surface area contributed by atoms with Crippen LogP contribution in [0.5, 0.6) is 0 Å². The highest BCUT2D eigenvalue weighted by Gasteiger charge is 2.25. The number of benzene rings is 2. The maximum Gasteiger partial charge on any atom is 0.253 e. The van der Waals surface area contributed by atoms with Gasteiger partial charge in [-0.05, 0) is 47.6 Å². The molecule has 186 valence electrons. The molecule has 2 aromatic carbocycles. The molecule has 0 saturated carbocycles. The Morgan fingerprint density at radius 1 is 1.09 bits per heavy atom. The van der Waals surface area contributed by atoms with Crippen LogP contribution in [0.2, 0.25) is 0 Å². The fourth-order valence-electron chi connectivity index (χ4n) is 4.45. The number of fused-ring (bicyclic) bond motifs is 1. The summed E-state index contributed by atoms with van der Waals surface area (Å²) in [4.78, 5) is 20.8. The zero-order valence-electron chi connectivity index (χ0n) is 21.2. The first-order valence-electron chi connectivity index (χ1n) is 11.9. The maximum absolute atomic E-state index is 12.2. The smallest absolute Gasteiger partial charge is 0.253 e. The van der Waals surface area contributed by atoms with E-state index in [1.54, 1.807) is 19.0 Å². The molecule has 0 saturated heterocycles. The number of hydrogen-bond acceptors (Lipinski definition) is 3. The van der Waals surface area contributed by atoms with E-state index in [2.05, 4.69) is 64.7 Å². The fraction of sp³-hybridized carbons (Fsp3) is 0.481. The minimum Gasteiger partial charge on any atom is -0.356 e. The first kappa shape index (κ1) is 28.1. The Morgan fingerprint density at radius 2 is 1.82 bits per heavy atom. The van der Waals surface area contributed by atoms with Crippen LogP contribution in [0, 0.1) is 5.92 Å². The third-order valence-corrected chi connectivity index (χ3v) is 6.39. The predicted molar refractivity (Wildman–Crippen MR) is 152 cm³/mol. The molecule has 1 heterocycles. The van der Waals surface area contributed by atoms with Gasteiger partial charge >= 0.3 is 0 Å². The van der Waals surface area contributed by atoms with Gasteiger partial charge in [0.1, 0.15) is 0 Å². The van der Waals surface area contributed by atoms with E-state index in [-0.39, 0.29) is 29.9 Å². The third-order valence-electron chi connectivity index (χ3n) is 6.39. The van der Waals surface area contributed by atoms with Crippen LogP contribution < -0.4 is 10.6 Å². The van der Waals surface area contributed by atoms with E-state index in [9.17, 15) is 4.79 Å². The van der Waals surface area contributed by atoms with Crippen LogP contribution in [-0.2, 0) is 19.4 Å². The molecule has 0 bridgehead atoms. The van der Waals surface area contributed by atoms with Crippen molar-refractivity contribution in [3.05, 3.63) is 70.8 Å². The van der Waals surface area contributed by atoms with Crippen molar-refractivity contribution in [2.45, 2.75) is 39.3 Å². The van der Waals surface area contributed by atoms with Gasteiger partial charge in [-0.25, -0.2) is 0 Å². The van der Waals surface area contributed by atoms with Gasteiger partial charge in [0.25, 0.3) is 5.91 Å². The second kappa shape index (κ2) is 13.7. The topological polar surface area (TPSA) is 60.0 Å². The summed E-state index contributed by atoms with van der Waals surface area (Å²) in [5.74, 6) is 1.39. The van der Waals surface area contributed by atoms with E-state index >= 15 is 0 Å². The zero-order valence-corrected chi connectivity index (χ0v) is 23.5. The molecule has 34 heavy (non-hydrogen) atoms. The number of amides is 1. The highest BCUT2D eigenvalue weighted by Crippen LogP contribution is 2.22. The molecule has 2 N–H and O–H groups in total. The fourth-order valence-corrected chi connectivity index (χ4v) is 4.45. The highest BCUT2D eigenvalue weighted by atomic mass is 127. The van der Waals surface area contributed by atoms with Gasteiger partial charge in [0.05, 0.1) is 0 Å². The summed E-state index contributed by atoms with van der Waals surface area (Å²) in [6, 6.07) is 17.1. The van der Waals surface area contributed by atoms with Gasteiger partial charge in [-0.15, -0.1) is 24.0 Å². The second-order valence-electron chi connectivity index (χ2n) is 9.33. The largest absolute Gasteiger partial charge is 0.356 e. The first-order chi connectivity index (χ1) is 15.9. The lowest BCUT2D eigenvalue weighted by atomic mass is 9.95. The van der Waals surface area contributed by atoms with E-state index in [1.165, 1.54) is 11.1 Å². The molecule has 7 heteroatoms. The number of carbonyl (C=O) groups is 1. The number of rotatable bonds is 8.